The maximum atomic E-state index is 12.1. The zero-order valence-electron chi connectivity index (χ0n) is 11.1. The summed E-state index contributed by atoms with van der Waals surface area (Å²) >= 11 is 0. The molecule has 20 heavy (non-hydrogen) atoms. The van der Waals surface area contributed by atoms with Gasteiger partial charge in [0.1, 0.15) is 12.0 Å². The van der Waals surface area contributed by atoms with Gasteiger partial charge in [0, 0.05) is 11.6 Å². The number of amides is 1. The smallest absolute Gasteiger partial charge is 0.287 e. The van der Waals surface area contributed by atoms with Crippen molar-refractivity contribution in [2.45, 2.75) is 13.8 Å². The molecule has 1 N–H and O–H groups in total. The third-order valence-corrected chi connectivity index (χ3v) is 2.79. The lowest BCUT2D eigenvalue weighted by Crippen LogP contribution is -2.14. The number of nitrogens with one attached hydrogen (secondary N) is 1. The Labute approximate surface area is 115 Å². The topological polar surface area (TPSA) is 85.1 Å². The van der Waals surface area contributed by atoms with E-state index in [-0.39, 0.29) is 11.6 Å². The number of hydrogen-bond acceptors (Lipinski definition) is 4. The van der Waals surface area contributed by atoms with Gasteiger partial charge in [-0.15, -0.1) is 0 Å². The molecule has 0 saturated carbocycles. The molecule has 0 atom stereocenters. The average Bonchev–Trinajstić information content (AvgIpc) is 2.40. The van der Waals surface area contributed by atoms with Gasteiger partial charge in [-0.1, -0.05) is 17.7 Å². The molecule has 1 aromatic carbocycles. The van der Waals surface area contributed by atoms with Crippen LogP contribution < -0.4 is 5.32 Å². The van der Waals surface area contributed by atoms with Crippen LogP contribution in [0.3, 0.4) is 0 Å². The van der Waals surface area contributed by atoms with E-state index < -0.39 is 4.92 Å². The summed E-state index contributed by atoms with van der Waals surface area (Å²) in [5, 5.41) is 13.3. The fraction of sp³-hybridized carbons (Fsp3) is 0.143. The Balaban J connectivity index is 2.22. The minimum absolute atomic E-state index is 0.101. The SMILES string of the molecule is Cc1cccc(C(=O)Nc2ncc([N+](=O)[O-])cc2C)c1. The fourth-order valence-electron chi connectivity index (χ4n) is 1.76. The second-order valence-corrected chi connectivity index (χ2v) is 4.44. The highest BCUT2D eigenvalue weighted by Gasteiger charge is 2.12. The predicted octanol–water partition coefficient (Wildman–Crippen LogP) is 2.86. The molecule has 0 radical (unpaired) electrons. The fourth-order valence-corrected chi connectivity index (χ4v) is 1.76. The van der Waals surface area contributed by atoms with Crippen molar-refractivity contribution >= 4 is 17.4 Å². The van der Waals surface area contributed by atoms with Crippen LogP contribution in [0.1, 0.15) is 21.5 Å². The van der Waals surface area contributed by atoms with E-state index in [1.54, 1.807) is 25.1 Å². The molecule has 2 rings (SSSR count). The number of rotatable bonds is 3. The Bertz CT molecular complexity index is 683. The maximum absolute atomic E-state index is 12.1. The lowest BCUT2D eigenvalue weighted by molar-refractivity contribution is -0.385. The van der Waals surface area contributed by atoms with Crippen LogP contribution >= 0.6 is 0 Å². The van der Waals surface area contributed by atoms with Gasteiger partial charge in [0.2, 0.25) is 0 Å². The molecule has 0 unspecified atom stereocenters. The zero-order valence-corrected chi connectivity index (χ0v) is 11.1. The number of carbonyl (C=O) groups excluding carboxylic acids is 1. The Morgan fingerprint density at radius 2 is 2.05 bits per heavy atom. The van der Waals surface area contributed by atoms with E-state index in [1.807, 2.05) is 13.0 Å². The monoisotopic (exact) mass is 271 g/mol. The molecule has 0 spiro atoms. The van der Waals surface area contributed by atoms with Crippen LogP contribution in [0, 0.1) is 24.0 Å². The summed E-state index contributed by atoms with van der Waals surface area (Å²) in [6.45, 7) is 3.55. The van der Waals surface area contributed by atoms with E-state index in [1.165, 1.54) is 6.07 Å². The Kier molecular flexibility index (Phi) is 3.74. The first-order valence-corrected chi connectivity index (χ1v) is 5.96. The lowest BCUT2D eigenvalue weighted by atomic mass is 10.1. The number of carbonyl (C=O) groups is 1. The summed E-state index contributed by atoms with van der Waals surface area (Å²) in [6, 6.07) is 8.52. The third-order valence-electron chi connectivity index (χ3n) is 2.79. The van der Waals surface area contributed by atoms with Crippen molar-refractivity contribution in [1.82, 2.24) is 4.98 Å². The van der Waals surface area contributed by atoms with Gasteiger partial charge in [-0.2, -0.15) is 0 Å². The van der Waals surface area contributed by atoms with Gasteiger partial charge in [-0.05, 0) is 31.5 Å². The lowest BCUT2D eigenvalue weighted by Gasteiger charge is -2.07. The highest BCUT2D eigenvalue weighted by atomic mass is 16.6. The van der Waals surface area contributed by atoms with Gasteiger partial charge in [-0.25, -0.2) is 4.98 Å². The molecule has 102 valence electrons. The molecule has 0 bridgehead atoms. The van der Waals surface area contributed by atoms with E-state index in [2.05, 4.69) is 10.3 Å². The van der Waals surface area contributed by atoms with Crippen molar-refractivity contribution in [3.05, 3.63) is 63.3 Å². The van der Waals surface area contributed by atoms with Crippen LogP contribution in [0.25, 0.3) is 0 Å². The minimum Gasteiger partial charge on any atom is -0.306 e. The maximum Gasteiger partial charge on any atom is 0.287 e. The highest BCUT2D eigenvalue weighted by molar-refractivity contribution is 6.04. The molecule has 0 aliphatic carbocycles. The molecule has 0 fully saturated rings. The van der Waals surface area contributed by atoms with Crippen LogP contribution in [0.5, 0.6) is 0 Å². The molecule has 1 amide bonds. The van der Waals surface area contributed by atoms with Crippen LogP contribution in [0.15, 0.2) is 36.5 Å². The van der Waals surface area contributed by atoms with E-state index in [0.29, 0.717) is 16.9 Å². The Morgan fingerprint density at radius 3 is 2.65 bits per heavy atom. The molecule has 0 saturated heterocycles. The Hall–Kier alpha value is -2.76. The van der Waals surface area contributed by atoms with E-state index in [9.17, 15) is 14.9 Å². The zero-order chi connectivity index (χ0) is 14.7. The van der Waals surface area contributed by atoms with Crippen LogP contribution in [0.4, 0.5) is 11.5 Å². The first kappa shape index (κ1) is 13.7. The average molecular weight is 271 g/mol. The number of pyridine rings is 1. The summed E-state index contributed by atoms with van der Waals surface area (Å²) in [5.41, 5.74) is 1.94. The van der Waals surface area contributed by atoms with Crippen LogP contribution in [0.2, 0.25) is 0 Å². The van der Waals surface area contributed by atoms with Crippen molar-refractivity contribution in [3.63, 3.8) is 0 Å². The van der Waals surface area contributed by atoms with Crippen molar-refractivity contribution in [3.8, 4) is 0 Å². The minimum atomic E-state index is -0.522. The number of anilines is 1. The molecule has 0 aliphatic rings. The van der Waals surface area contributed by atoms with Crippen molar-refractivity contribution in [1.29, 1.82) is 0 Å². The molecule has 1 heterocycles. The van der Waals surface area contributed by atoms with E-state index in [0.717, 1.165) is 11.8 Å². The highest BCUT2D eigenvalue weighted by Crippen LogP contribution is 2.18. The van der Waals surface area contributed by atoms with Gasteiger partial charge in [0.05, 0.1) is 4.92 Å². The van der Waals surface area contributed by atoms with Crippen molar-refractivity contribution in [2.75, 3.05) is 5.32 Å². The molecule has 6 nitrogen and oxygen atoms in total. The largest absolute Gasteiger partial charge is 0.306 e. The van der Waals surface area contributed by atoms with Gasteiger partial charge >= 0.3 is 0 Å². The standard InChI is InChI=1S/C14H13N3O3/c1-9-4-3-5-11(6-9)14(18)16-13-10(2)7-12(8-15-13)17(19)20/h3-8H,1-2H3,(H,15,16,18). The van der Waals surface area contributed by atoms with Gasteiger partial charge in [0.15, 0.2) is 0 Å². The summed E-state index contributed by atoms with van der Waals surface area (Å²) in [5.74, 6) is 0.0280. The molecule has 2 aromatic rings. The summed E-state index contributed by atoms with van der Waals surface area (Å²) < 4.78 is 0. The number of benzene rings is 1. The molecular weight excluding hydrogens is 258 g/mol. The van der Waals surface area contributed by atoms with E-state index in [4.69, 9.17) is 0 Å². The number of hydrogen-bond donors (Lipinski definition) is 1. The second-order valence-electron chi connectivity index (χ2n) is 4.44. The first-order chi connectivity index (χ1) is 9.47. The normalized spacial score (nSPS) is 10.1. The molecule has 1 aromatic heterocycles. The van der Waals surface area contributed by atoms with Crippen LogP contribution in [-0.4, -0.2) is 15.8 Å². The first-order valence-electron chi connectivity index (χ1n) is 5.96. The van der Waals surface area contributed by atoms with E-state index >= 15 is 0 Å². The van der Waals surface area contributed by atoms with Gasteiger partial charge in [0.25, 0.3) is 11.6 Å². The van der Waals surface area contributed by atoms with Crippen molar-refractivity contribution < 1.29 is 9.72 Å². The number of aryl methyl sites for hydroxylation is 2. The van der Waals surface area contributed by atoms with Gasteiger partial charge in [-0.3, -0.25) is 14.9 Å². The molecule has 0 aliphatic heterocycles. The quantitative estimate of drug-likeness (QED) is 0.687. The molecule has 6 heteroatoms. The summed E-state index contributed by atoms with van der Waals surface area (Å²) in [4.78, 5) is 26.1. The number of aromatic nitrogens is 1. The number of nitrogens with zero attached hydrogens (tertiary/aromatic N) is 2. The summed E-state index contributed by atoms with van der Waals surface area (Å²) in [7, 11) is 0. The Morgan fingerprint density at radius 1 is 1.30 bits per heavy atom. The van der Waals surface area contributed by atoms with Crippen LogP contribution in [-0.2, 0) is 0 Å². The predicted molar refractivity (Wildman–Crippen MR) is 74.8 cm³/mol. The second kappa shape index (κ2) is 5.48. The van der Waals surface area contributed by atoms with Gasteiger partial charge < -0.3 is 5.32 Å². The summed E-state index contributed by atoms with van der Waals surface area (Å²) in [6.07, 6.45) is 1.12. The molecular formula is C14H13N3O3. The van der Waals surface area contributed by atoms with Crippen molar-refractivity contribution in [2.24, 2.45) is 0 Å². The number of nitro groups is 1. The third kappa shape index (κ3) is 2.97.